The van der Waals surface area contributed by atoms with Gasteiger partial charge in [-0.25, -0.2) is 4.98 Å². The van der Waals surface area contributed by atoms with E-state index >= 15 is 0 Å². The molecule has 1 amide bonds. The number of nitrogens with zero attached hydrogens (tertiary/aromatic N) is 5. The van der Waals surface area contributed by atoms with E-state index in [4.69, 9.17) is 4.98 Å². The van der Waals surface area contributed by atoms with Crippen molar-refractivity contribution in [2.45, 2.75) is 102 Å². The second kappa shape index (κ2) is 11.9. The topological polar surface area (TPSA) is 126 Å². The van der Waals surface area contributed by atoms with E-state index < -0.39 is 24.2 Å². The number of aromatic nitrogens is 5. The Kier molecular flexibility index (Phi) is 8.33. The van der Waals surface area contributed by atoms with Gasteiger partial charge in [-0.2, -0.15) is 0 Å². The summed E-state index contributed by atoms with van der Waals surface area (Å²) in [4.78, 5) is 22.7. The van der Waals surface area contributed by atoms with Crippen molar-refractivity contribution in [3.63, 3.8) is 0 Å². The van der Waals surface area contributed by atoms with Gasteiger partial charge in [-0.15, -0.1) is 10.2 Å². The lowest BCUT2D eigenvalue weighted by Crippen LogP contribution is -2.51. The normalized spacial score (nSPS) is 19.7. The Labute approximate surface area is 224 Å². The molecule has 38 heavy (non-hydrogen) atoms. The molecule has 3 aromatic heterocycles. The van der Waals surface area contributed by atoms with Gasteiger partial charge in [-0.05, 0) is 56.6 Å². The molecule has 2 aliphatic rings. The van der Waals surface area contributed by atoms with Gasteiger partial charge in [0.2, 0.25) is 5.91 Å². The molecule has 2 saturated carbocycles. The number of aliphatic hydroxyl groups excluding tert-OH is 2. The molecule has 3 aromatic rings. The van der Waals surface area contributed by atoms with Crippen molar-refractivity contribution in [2.24, 2.45) is 11.8 Å². The van der Waals surface area contributed by atoms with Crippen LogP contribution in [0.3, 0.4) is 0 Å². The lowest BCUT2D eigenvalue weighted by Gasteiger charge is -2.32. The number of aryl methyl sites for hydroxylation is 1. The summed E-state index contributed by atoms with van der Waals surface area (Å²) >= 11 is 0. The Morgan fingerprint density at radius 2 is 1.95 bits per heavy atom. The van der Waals surface area contributed by atoms with Crippen LogP contribution in [0.4, 0.5) is 0 Å². The minimum absolute atomic E-state index is 0.129. The van der Waals surface area contributed by atoms with Crippen LogP contribution < -0.4 is 5.32 Å². The monoisotopic (exact) mass is 520 g/mol. The Morgan fingerprint density at radius 1 is 1.16 bits per heavy atom. The zero-order valence-corrected chi connectivity index (χ0v) is 22.5. The number of nitrogens with one attached hydrogen (secondary N) is 1. The molecule has 1 unspecified atom stereocenters. The highest BCUT2D eigenvalue weighted by atomic mass is 16.3. The molecule has 0 saturated heterocycles. The van der Waals surface area contributed by atoms with E-state index in [-0.39, 0.29) is 11.8 Å². The highest BCUT2D eigenvalue weighted by Gasteiger charge is 2.40. The SMILES string of the molecule is CCCc1nc(-c2cccnc2)cn2c(C(C)C(=O)N[C@@H](CC3CCCCC3)[C@@H](O)[C@@H](O)C3CC3)nnc12. The van der Waals surface area contributed by atoms with Gasteiger partial charge in [-0.1, -0.05) is 45.4 Å². The van der Waals surface area contributed by atoms with Crippen LogP contribution in [0.1, 0.15) is 89.1 Å². The van der Waals surface area contributed by atoms with Gasteiger partial charge in [0.1, 0.15) is 11.9 Å². The van der Waals surface area contributed by atoms with Crippen LogP contribution in [0.25, 0.3) is 16.9 Å². The zero-order chi connectivity index (χ0) is 26.6. The number of aliphatic hydroxyl groups is 2. The lowest BCUT2D eigenvalue weighted by atomic mass is 9.82. The third kappa shape index (κ3) is 5.89. The van der Waals surface area contributed by atoms with E-state index in [1.54, 1.807) is 12.4 Å². The maximum absolute atomic E-state index is 13.6. The number of carbonyl (C=O) groups excluding carboxylic acids is 1. The fourth-order valence-electron chi connectivity index (χ4n) is 5.77. The third-order valence-electron chi connectivity index (χ3n) is 8.22. The Bertz CT molecular complexity index is 1220. The van der Waals surface area contributed by atoms with Crippen molar-refractivity contribution in [3.8, 4) is 11.3 Å². The number of fused-ring (bicyclic) bond motifs is 1. The van der Waals surface area contributed by atoms with Gasteiger partial charge < -0.3 is 15.5 Å². The van der Waals surface area contributed by atoms with Gasteiger partial charge in [0, 0.05) is 24.2 Å². The highest BCUT2D eigenvalue weighted by Crippen LogP contribution is 2.36. The van der Waals surface area contributed by atoms with Gasteiger partial charge >= 0.3 is 0 Å². The van der Waals surface area contributed by atoms with Crippen LogP contribution in [0.15, 0.2) is 30.7 Å². The van der Waals surface area contributed by atoms with E-state index in [0.717, 1.165) is 55.5 Å². The van der Waals surface area contributed by atoms with Gasteiger partial charge in [0.05, 0.1) is 29.5 Å². The molecule has 204 valence electrons. The number of rotatable bonds is 11. The van der Waals surface area contributed by atoms with Crippen molar-refractivity contribution in [3.05, 3.63) is 42.2 Å². The summed E-state index contributed by atoms with van der Waals surface area (Å²) in [5, 5.41) is 33.8. The second-order valence-electron chi connectivity index (χ2n) is 11.2. The molecule has 0 aliphatic heterocycles. The molecule has 0 bridgehead atoms. The summed E-state index contributed by atoms with van der Waals surface area (Å²) in [6.45, 7) is 3.91. The molecule has 2 fully saturated rings. The van der Waals surface area contributed by atoms with Crippen LogP contribution in [0.5, 0.6) is 0 Å². The predicted molar refractivity (Wildman–Crippen MR) is 144 cm³/mol. The second-order valence-corrected chi connectivity index (χ2v) is 11.2. The molecule has 0 aromatic carbocycles. The minimum atomic E-state index is -0.978. The van der Waals surface area contributed by atoms with Crippen molar-refractivity contribution in [1.82, 2.24) is 29.9 Å². The molecular formula is C29H40N6O3. The summed E-state index contributed by atoms with van der Waals surface area (Å²) < 4.78 is 1.87. The van der Waals surface area contributed by atoms with E-state index in [1.165, 1.54) is 19.3 Å². The predicted octanol–water partition coefficient (Wildman–Crippen LogP) is 3.83. The molecule has 3 heterocycles. The number of carbonyl (C=O) groups is 1. The quantitative estimate of drug-likeness (QED) is 0.351. The lowest BCUT2D eigenvalue weighted by molar-refractivity contribution is -0.125. The molecule has 9 heteroatoms. The molecule has 4 atom stereocenters. The minimum Gasteiger partial charge on any atom is -0.390 e. The molecule has 0 radical (unpaired) electrons. The first-order valence-corrected chi connectivity index (χ1v) is 14.3. The van der Waals surface area contributed by atoms with Crippen LogP contribution in [0, 0.1) is 11.8 Å². The summed E-state index contributed by atoms with van der Waals surface area (Å²) in [6.07, 6.45) is 13.6. The van der Waals surface area contributed by atoms with Crippen LogP contribution in [-0.4, -0.2) is 58.9 Å². The number of amides is 1. The number of hydrogen-bond donors (Lipinski definition) is 3. The van der Waals surface area contributed by atoms with E-state index in [0.29, 0.717) is 23.8 Å². The third-order valence-corrected chi connectivity index (χ3v) is 8.22. The summed E-state index contributed by atoms with van der Waals surface area (Å²) in [5.41, 5.74) is 3.12. The summed E-state index contributed by atoms with van der Waals surface area (Å²) in [7, 11) is 0. The Hall–Kier alpha value is -2.91. The molecule has 5 rings (SSSR count). The first kappa shape index (κ1) is 26.7. The maximum atomic E-state index is 13.6. The van der Waals surface area contributed by atoms with Gasteiger partial charge in [0.25, 0.3) is 0 Å². The largest absolute Gasteiger partial charge is 0.390 e. The molecule has 0 spiro atoms. The van der Waals surface area contributed by atoms with Gasteiger partial charge in [-0.3, -0.25) is 14.2 Å². The standard InChI is InChI=1S/C29H40N6O3/c1-3-8-22-28-34-33-27(35(28)17-24(31-22)21-11-7-14-30-16-21)18(2)29(38)32-23(15-19-9-5-4-6-10-19)26(37)25(36)20-12-13-20/h7,11,14,16-20,23,25-26,36-37H,3-6,8-10,12-13,15H2,1-2H3,(H,32,38)/t18?,23-,25-,26+/m0/s1. The Balaban J connectivity index is 1.41. The molecule has 9 nitrogen and oxygen atoms in total. The van der Waals surface area contributed by atoms with E-state index in [1.807, 2.05) is 29.7 Å². The summed E-state index contributed by atoms with van der Waals surface area (Å²) in [5.74, 6) is 0.269. The van der Waals surface area contributed by atoms with Crippen molar-refractivity contribution < 1.29 is 15.0 Å². The van der Waals surface area contributed by atoms with Crippen molar-refractivity contribution >= 4 is 11.6 Å². The maximum Gasteiger partial charge on any atom is 0.230 e. The van der Waals surface area contributed by atoms with Gasteiger partial charge in [0.15, 0.2) is 5.65 Å². The van der Waals surface area contributed by atoms with Crippen LogP contribution in [0.2, 0.25) is 0 Å². The zero-order valence-electron chi connectivity index (χ0n) is 22.5. The number of pyridine rings is 1. The average Bonchev–Trinajstić information content (AvgIpc) is 3.71. The number of hydrogen-bond acceptors (Lipinski definition) is 7. The summed E-state index contributed by atoms with van der Waals surface area (Å²) in [6, 6.07) is 3.34. The first-order chi connectivity index (χ1) is 18.5. The fraction of sp³-hybridized carbons (Fsp3) is 0.621. The molecule has 2 aliphatic carbocycles. The van der Waals surface area contributed by atoms with Crippen molar-refractivity contribution in [1.29, 1.82) is 0 Å². The van der Waals surface area contributed by atoms with Crippen LogP contribution in [-0.2, 0) is 11.2 Å². The van der Waals surface area contributed by atoms with E-state index in [9.17, 15) is 15.0 Å². The highest BCUT2D eigenvalue weighted by molar-refractivity contribution is 5.83. The average molecular weight is 521 g/mol. The van der Waals surface area contributed by atoms with Crippen molar-refractivity contribution in [2.75, 3.05) is 0 Å². The Morgan fingerprint density at radius 3 is 2.63 bits per heavy atom. The smallest absolute Gasteiger partial charge is 0.230 e. The van der Waals surface area contributed by atoms with Crippen LogP contribution >= 0.6 is 0 Å². The fourth-order valence-corrected chi connectivity index (χ4v) is 5.77. The molecular weight excluding hydrogens is 480 g/mol. The molecule has 3 N–H and O–H groups in total. The first-order valence-electron chi connectivity index (χ1n) is 14.3. The van der Waals surface area contributed by atoms with E-state index in [2.05, 4.69) is 27.4 Å².